The van der Waals surface area contributed by atoms with Crippen molar-refractivity contribution in [3.63, 3.8) is 0 Å². The topological polar surface area (TPSA) is 54.4 Å². The predicted octanol–water partition coefficient (Wildman–Crippen LogP) is 2.83. The summed E-state index contributed by atoms with van der Waals surface area (Å²) >= 11 is 0. The fourth-order valence-electron chi connectivity index (χ4n) is 1.81. The Balaban J connectivity index is 2.24. The normalized spacial score (nSPS) is 11.4. The van der Waals surface area contributed by atoms with Gasteiger partial charge in [-0.05, 0) is 42.2 Å². The molecule has 0 aliphatic rings. The fraction of sp³-hybridized carbons (Fsp3) is 0.143. The summed E-state index contributed by atoms with van der Waals surface area (Å²) in [6.07, 6.45) is 0.748. The summed E-state index contributed by atoms with van der Waals surface area (Å²) in [6.45, 7) is 2.04. The molecule has 0 amide bonds. The van der Waals surface area contributed by atoms with E-state index in [1.165, 1.54) is 23.3 Å². The molecule has 3 nitrogen and oxygen atoms in total. The number of rotatable bonds is 3. The van der Waals surface area contributed by atoms with Crippen LogP contribution in [-0.2, 0) is 16.5 Å². The molecule has 0 bridgehead atoms. The quantitative estimate of drug-likeness (QED) is 0.865. The van der Waals surface area contributed by atoms with Crippen LogP contribution in [0, 0.1) is 6.92 Å². The Labute approximate surface area is 107 Å². The Morgan fingerprint density at radius 3 is 2.17 bits per heavy atom. The lowest BCUT2D eigenvalue weighted by Crippen LogP contribution is -1.98. The van der Waals surface area contributed by atoms with Crippen LogP contribution >= 0.6 is 0 Å². The van der Waals surface area contributed by atoms with Gasteiger partial charge in [0.1, 0.15) is 0 Å². The molecule has 1 N–H and O–H groups in total. The maximum atomic E-state index is 10.9. The molecule has 0 atom stereocenters. The lowest BCUT2D eigenvalue weighted by molar-refractivity contribution is 0.483. The molecule has 0 aliphatic heterocycles. The van der Waals surface area contributed by atoms with Crippen LogP contribution in [0.4, 0.5) is 0 Å². The molecule has 0 aromatic heterocycles. The van der Waals surface area contributed by atoms with Crippen LogP contribution in [-0.4, -0.2) is 13.0 Å². The van der Waals surface area contributed by atoms with Gasteiger partial charge in [-0.2, -0.15) is 8.42 Å². The van der Waals surface area contributed by atoms with Gasteiger partial charge in [-0.3, -0.25) is 4.55 Å². The van der Waals surface area contributed by atoms with Crippen molar-refractivity contribution in [1.29, 1.82) is 0 Å². The molecule has 0 spiro atoms. The monoisotopic (exact) mass is 262 g/mol. The van der Waals surface area contributed by atoms with E-state index in [0.717, 1.165) is 12.0 Å². The molecule has 0 saturated carbocycles. The van der Waals surface area contributed by atoms with E-state index in [2.05, 4.69) is 0 Å². The summed E-state index contributed by atoms with van der Waals surface area (Å²) in [5.74, 6) is 0. The first-order valence-electron chi connectivity index (χ1n) is 5.58. The van der Waals surface area contributed by atoms with Crippen molar-refractivity contribution in [2.45, 2.75) is 18.2 Å². The Kier molecular flexibility index (Phi) is 3.50. The standard InChI is InChI=1S/C14H14O3S/c1-11-4-2-3-5-13(11)10-12-6-8-14(9-7-12)18(15,16)17/h2-9H,10H2,1H3,(H,15,16,17). The lowest BCUT2D eigenvalue weighted by atomic mass is 10.0. The van der Waals surface area contributed by atoms with Crippen LogP contribution < -0.4 is 0 Å². The summed E-state index contributed by atoms with van der Waals surface area (Å²) in [5.41, 5.74) is 3.42. The molecule has 94 valence electrons. The molecule has 2 aromatic carbocycles. The van der Waals surface area contributed by atoms with Crippen molar-refractivity contribution < 1.29 is 13.0 Å². The zero-order valence-corrected chi connectivity index (χ0v) is 10.8. The molecule has 0 fully saturated rings. The fourth-order valence-corrected chi connectivity index (χ4v) is 2.29. The Hall–Kier alpha value is -1.65. The second kappa shape index (κ2) is 4.92. The molecule has 0 aliphatic carbocycles. The molecule has 4 heteroatoms. The molecule has 2 rings (SSSR count). The Morgan fingerprint density at radius 2 is 1.61 bits per heavy atom. The minimum atomic E-state index is -4.10. The highest BCUT2D eigenvalue weighted by atomic mass is 32.2. The molecule has 0 radical (unpaired) electrons. The van der Waals surface area contributed by atoms with Gasteiger partial charge < -0.3 is 0 Å². The third-order valence-corrected chi connectivity index (χ3v) is 3.74. The van der Waals surface area contributed by atoms with Gasteiger partial charge in [0.25, 0.3) is 10.1 Å². The number of hydrogen-bond donors (Lipinski definition) is 1. The van der Waals surface area contributed by atoms with Crippen LogP contribution in [0.5, 0.6) is 0 Å². The van der Waals surface area contributed by atoms with Crippen molar-refractivity contribution in [3.8, 4) is 0 Å². The van der Waals surface area contributed by atoms with E-state index in [1.807, 2.05) is 31.2 Å². The summed E-state index contributed by atoms with van der Waals surface area (Å²) in [4.78, 5) is -0.0731. The zero-order chi connectivity index (χ0) is 13.2. The second-order valence-corrected chi connectivity index (χ2v) is 5.64. The molecule has 18 heavy (non-hydrogen) atoms. The van der Waals surface area contributed by atoms with Crippen LogP contribution in [0.25, 0.3) is 0 Å². The highest BCUT2D eigenvalue weighted by Gasteiger charge is 2.08. The van der Waals surface area contributed by atoms with Crippen LogP contribution in [0.3, 0.4) is 0 Å². The van der Waals surface area contributed by atoms with E-state index >= 15 is 0 Å². The van der Waals surface area contributed by atoms with E-state index in [-0.39, 0.29) is 4.90 Å². The number of aryl methyl sites for hydroxylation is 1. The van der Waals surface area contributed by atoms with Gasteiger partial charge in [0.2, 0.25) is 0 Å². The molecular formula is C14H14O3S. The van der Waals surface area contributed by atoms with Gasteiger partial charge in [-0.15, -0.1) is 0 Å². The lowest BCUT2D eigenvalue weighted by Gasteiger charge is -2.06. The zero-order valence-electron chi connectivity index (χ0n) is 10.00. The molecule has 0 unspecified atom stereocenters. The summed E-state index contributed by atoms with van der Waals surface area (Å²) in [6, 6.07) is 14.3. The third kappa shape index (κ3) is 2.97. The van der Waals surface area contributed by atoms with E-state index in [1.54, 1.807) is 12.1 Å². The number of benzene rings is 2. The first kappa shape index (κ1) is 12.8. The van der Waals surface area contributed by atoms with Crippen LogP contribution in [0.1, 0.15) is 16.7 Å². The predicted molar refractivity (Wildman–Crippen MR) is 70.2 cm³/mol. The Bertz CT molecular complexity index is 643. The van der Waals surface area contributed by atoms with Crippen molar-refractivity contribution in [2.75, 3.05) is 0 Å². The van der Waals surface area contributed by atoms with E-state index in [0.29, 0.717) is 0 Å². The van der Waals surface area contributed by atoms with E-state index in [4.69, 9.17) is 4.55 Å². The van der Waals surface area contributed by atoms with Gasteiger partial charge in [-0.25, -0.2) is 0 Å². The highest BCUT2D eigenvalue weighted by Crippen LogP contribution is 2.16. The molecule has 2 aromatic rings. The smallest absolute Gasteiger partial charge is 0.282 e. The van der Waals surface area contributed by atoms with Crippen LogP contribution in [0.15, 0.2) is 53.4 Å². The number of hydrogen-bond acceptors (Lipinski definition) is 2. The molecular weight excluding hydrogens is 248 g/mol. The first-order chi connectivity index (χ1) is 8.47. The first-order valence-corrected chi connectivity index (χ1v) is 7.02. The SMILES string of the molecule is Cc1ccccc1Cc1ccc(S(=O)(=O)O)cc1. The van der Waals surface area contributed by atoms with Crippen molar-refractivity contribution in [1.82, 2.24) is 0 Å². The third-order valence-electron chi connectivity index (χ3n) is 2.88. The maximum absolute atomic E-state index is 10.9. The van der Waals surface area contributed by atoms with Crippen molar-refractivity contribution in [3.05, 3.63) is 65.2 Å². The summed E-state index contributed by atoms with van der Waals surface area (Å²) < 4.78 is 30.7. The van der Waals surface area contributed by atoms with Crippen molar-refractivity contribution in [2.24, 2.45) is 0 Å². The summed E-state index contributed by atoms with van der Waals surface area (Å²) in [5, 5.41) is 0. The average Bonchev–Trinajstić information content (AvgIpc) is 2.32. The van der Waals surface area contributed by atoms with Gasteiger partial charge in [0, 0.05) is 0 Å². The minimum absolute atomic E-state index is 0.0731. The van der Waals surface area contributed by atoms with Gasteiger partial charge >= 0.3 is 0 Å². The van der Waals surface area contributed by atoms with Crippen molar-refractivity contribution >= 4 is 10.1 Å². The van der Waals surface area contributed by atoms with Gasteiger partial charge in [0.05, 0.1) is 4.90 Å². The van der Waals surface area contributed by atoms with E-state index < -0.39 is 10.1 Å². The average molecular weight is 262 g/mol. The molecule has 0 heterocycles. The largest absolute Gasteiger partial charge is 0.294 e. The Morgan fingerprint density at radius 1 is 1.00 bits per heavy atom. The minimum Gasteiger partial charge on any atom is -0.282 e. The maximum Gasteiger partial charge on any atom is 0.294 e. The van der Waals surface area contributed by atoms with Crippen LogP contribution in [0.2, 0.25) is 0 Å². The van der Waals surface area contributed by atoms with Gasteiger partial charge in [0.15, 0.2) is 0 Å². The van der Waals surface area contributed by atoms with E-state index in [9.17, 15) is 8.42 Å². The molecule has 0 saturated heterocycles. The highest BCUT2D eigenvalue weighted by molar-refractivity contribution is 7.85. The van der Waals surface area contributed by atoms with Gasteiger partial charge in [-0.1, -0.05) is 36.4 Å². The second-order valence-electron chi connectivity index (χ2n) is 4.22. The summed E-state index contributed by atoms with van der Waals surface area (Å²) in [7, 11) is -4.10.